The summed E-state index contributed by atoms with van der Waals surface area (Å²) < 4.78 is 52.8. The van der Waals surface area contributed by atoms with Crippen LogP contribution in [0.5, 0.6) is 0 Å². The lowest BCUT2D eigenvalue weighted by Gasteiger charge is -2.12. The number of carboxylic acid groups (broad SMARTS) is 1. The van der Waals surface area contributed by atoms with Crippen LogP contribution in [0.2, 0.25) is 0 Å². The van der Waals surface area contributed by atoms with Crippen LogP contribution in [0.15, 0.2) is 0 Å². The van der Waals surface area contributed by atoms with Crippen LogP contribution in [0.25, 0.3) is 0 Å². The molecule has 0 aliphatic heterocycles. The molecule has 16 heavy (non-hydrogen) atoms. The number of hydrogen-bond donors (Lipinski definition) is 1. The highest BCUT2D eigenvalue weighted by Crippen LogP contribution is 2.29. The second-order valence-electron chi connectivity index (χ2n) is 3.50. The van der Waals surface area contributed by atoms with Crippen LogP contribution in [-0.2, 0) is 0 Å². The normalized spacial score (nSPS) is 10.9. The zero-order valence-corrected chi connectivity index (χ0v) is 8.44. The van der Waals surface area contributed by atoms with Gasteiger partial charge in [0.1, 0.15) is 5.56 Å². The van der Waals surface area contributed by atoms with Crippen molar-refractivity contribution in [3.63, 3.8) is 0 Å². The first-order chi connectivity index (χ1) is 7.29. The Morgan fingerprint density at radius 2 is 1.38 bits per heavy atom. The van der Waals surface area contributed by atoms with Crippen molar-refractivity contribution in [3.8, 4) is 0 Å². The Kier molecular flexibility index (Phi) is 3.21. The molecule has 0 saturated heterocycles. The van der Waals surface area contributed by atoms with E-state index in [-0.39, 0.29) is 0 Å². The molecule has 0 radical (unpaired) electrons. The molecule has 1 rings (SSSR count). The quantitative estimate of drug-likeness (QED) is 0.632. The van der Waals surface area contributed by atoms with Crippen molar-refractivity contribution < 1.29 is 27.5 Å². The molecule has 0 fully saturated rings. The largest absolute Gasteiger partial charge is 0.477 e. The molecule has 0 amide bonds. The topological polar surface area (TPSA) is 37.3 Å². The van der Waals surface area contributed by atoms with E-state index < -0.39 is 46.3 Å². The van der Waals surface area contributed by atoms with Crippen molar-refractivity contribution in [3.05, 3.63) is 34.4 Å². The van der Waals surface area contributed by atoms with Gasteiger partial charge in [0.25, 0.3) is 0 Å². The lowest BCUT2D eigenvalue weighted by molar-refractivity contribution is 0.0683. The van der Waals surface area contributed by atoms with Crippen LogP contribution in [-0.4, -0.2) is 11.1 Å². The van der Waals surface area contributed by atoms with Crippen molar-refractivity contribution in [1.82, 2.24) is 0 Å². The van der Waals surface area contributed by atoms with Gasteiger partial charge in [-0.15, -0.1) is 0 Å². The minimum absolute atomic E-state index is 0.792. The smallest absolute Gasteiger partial charge is 0.341 e. The second-order valence-corrected chi connectivity index (χ2v) is 3.50. The van der Waals surface area contributed by atoms with E-state index in [2.05, 4.69) is 0 Å². The standard InChI is InChI=1S/C10H8F4O2/c1-3(2)4-6(11)8(13)5(10(15)16)9(14)7(4)12/h3H,1-2H3,(H,15,16). The third-order valence-electron chi connectivity index (χ3n) is 2.09. The van der Waals surface area contributed by atoms with E-state index in [1.807, 2.05) is 0 Å². The molecule has 0 bridgehead atoms. The maximum Gasteiger partial charge on any atom is 0.341 e. The predicted molar refractivity (Wildman–Crippen MR) is 47.3 cm³/mol. The first-order valence-electron chi connectivity index (χ1n) is 4.38. The monoisotopic (exact) mass is 236 g/mol. The van der Waals surface area contributed by atoms with Gasteiger partial charge in [-0.25, -0.2) is 22.4 Å². The fourth-order valence-corrected chi connectivity index (χ4v) is 1.34. The van der Waals surface area contributed by atoms with Crippen LogP contribution in [0, 0.1) is 23.3 Å². The van der Waals surface area contributed by atoms with Crippen LogP contribution in [0.3, 0.4) is 0 Å². The lowest BCUT2D eigenvalue weighted by Crippen LogP contribution is -2.13. The summed E-state index contributed by atoms with van der Waals surface area (Å²) in [6, 6.07) is 0. The van der Waals surface area contributed by atoms with Gasteiger partial charge in [0.05, 0.1) is 0 Å². The molecule has 1 aromatic rings. The number of aromatic carboxylic acids is 1. The van der Waals surface area contributed by atoms with Crippen LogP contribution in [0.4, 0.5) is 17.6 Å². The van der Waals surface area contributed by atoms with E-state index in [1.54, 1.807) is 0 Å². The SMILES string of the molecule is CC(C)c1c(F)c(F)c(C(=O)O)c(F)c1F. The Hall–Kier alpha value is -1.59. The predicted octanol–water partition coefficient (Wildman–Crippen LogP) is 3.06. The molecule has 1 aromatic carbocycles. The minimum atomic E-state index is -2.05. The van der Waals surface area contributed by atoms with Crippen molar-refractivity contribution in [2.45, 2.75) is 19.8 Å². The maximum absolute atomic E-state index is 13.3. The first kappa shape index (κ1) is 12.5. The zero-order chi connectivity index (χ0) is 12.6. The summed E-state index contributed by atoms with van der Waals surface area (Å²) in [6.45, 7) is 2.67. The molecule has 0 heterocycles. The number of carboxylic acids is 1. The Bertz CT molecular complexity index is 426. The van der Waals surface area contributed by atoms with E-state index in [4.69, 9.17) is 5.11 Å². The fourth-order valence-electron chi connectivity index (χ4n) is 1.34. The van der Waals surface area contributed by atoms with E-state index in [1.165, 1.54) is 13.8 Å². The average molecular weight is 236 g/mol. The van der Waals surface area contributed by atoms with Crippen molar-refractivity contribution in [1.29, 1.82) is 0 Å². The van der Waals surface area contributed by atoms with Crippen LogP contribution >= 0.6 is 0 Å². The number of rotatable bonds is 2. The molecule has 2 nitrogen and oxygen atoms in total. The van der Waals surface area contributed by atoms with Gasteiger partial charge < -0.3 is 5.11 Å². The summed E-state index contributed by atoms with van der Waals surface area (Å²) in [5.41, 5.74) is -2.40. The molecule has 88 valence electrons. The molecule has 0 unspecified atom stereocenters. The van der Waals surface area contributed by atoms with Crippen molar-refractivity contribution in [2.75, 3.05) is 0 Å². The number of halogens is 4. The number of hydrogen-bond acceptors (Lipinski definition) is 1. The van der Waals surface area contributed by atoms with Gasteiger partial charge in [0.15, 0.2) is 23.3 Å². The summed E-state index contributed by atoms with van der Waals surface area (Å²) in [5.74, 6) is -9.93. The summed E-state index contributed by atoms with van der Waals surface area (Å²) >= 11 is 0. The van der Waals surface area contributed by atoms with Gasteiger partial charge in [-0.1, -0.05) is 13.8 Å². The molecule has 0 aliphatic carbocycles. The molecular formula is C10H8F4O2. The molecule has 0 atom stereocenters. The molecular weight excluding hydrogens is 228 g/mol. The van der Waals surface area contributed by atoms with Crippen LogP contribution in [0.1, 0.15) is 35.7 Å². The Labute approximate surface area is 88.5 Å². The second kappa shape index (κ2) is 4.11. The van der Waals surface area contributed by atoms with Gasteiger partial charge in [-0.3, -0.25) is 0 Å². The molecule has 0 spiro atoms. The molecule has 1 N–H and O–H groups in total. The van der Waals surface area contributed by atoms with Gasteiger partial charge in [-0.05, 0) is 5.92 Å². The van der Waals surface area contributed by atoms with Gasteiger partial charge in [0, 0.05) is 5.56 Å². The highest BCUT2D eigenvalue weighted by Gasteiger charge is 2.29. The van der Waals surface area contributed by atoms with E-state index in [9.17, 15) is 22.4 Å². The number of carbonyl (C=O) groups is 1. The minimum Gasteiger partial charge on any atom is -0.477 e. The van der Waals surface area contributed by atoms with Gasteiger partial charge in [-0.2, -0.15) is 0 Å². The zero-order valence-electron chi connectivity index (χ0n) is 8.44. The van der Waals surface area contributed by atoms with Crippen molar-refractivity contribution >= 4 is 5.97 Å². The summed E-state index contributed by atoms with van der Waals surface area (Å²) in [4.78, 5) is 10.4. The molecule has 0 aromatic heterocycles. The Morgan fingerprint density at radius 1 is 1.00 bits per heavy atom. The number of benzene rings is 1. The molecule has 0 aliphatic rings. The lowest BCUT2D eigenvalue weighted by atomic mass is 9.99. The Morgan fingerprint density at radius 3 is 1.62 bits per heavy atom. The summed E-state index contributed by atoms with van der Waals surface area (Å²) in [6.07, 6.45) is 0. The highest BCUT2D eigenvalue weighted by molar-refractivity contribution is 5.88. The third kappa shape index (κ3) is 1.75. The summed E-state index contributed by atoms with van der Waals surface area (Å²) in [7, 11) is 0. The maximum atomic E-state index is 13.3. The molecule has 6 heteroatoms. The highest BCUT2D eigenvalue weighted by atomic mass is 19.2. The Balaban J connectivity index is 3.70. The van der Waals surface area contributed by atoms with Crippen LogP contribution < -0.4 is 0 Å². The van der Waals surface area contributed by atoms with E-state index in [0.717, 1.165) is 0 Å². The third-order valence-corrected chi connectivity index (χ3v) is 2.09. The summed E-state index contributed by atoms with van der Waals surface area (Å²) in [5, 5.41) is 8.41. The van der Waals surface area contributed by atoms with Gasteiger partial charge in [0.2, 0.25) is 0 Å². The fraction of sp³-hybridized carbons (Fsp3) is 0.300. The molecule has 0 saturated carbocycles. The van der Waals surface area contributed by atoms with E-state index >= 15 is 0 Å². The van der Waals surface area contributed by atoms with Crippen molar-refractivity contribution in [2.24, 2.45) is 0 Å². The van der Waals surface area contributed by atoms with Gasteiger partial charge >= 0.3 is 5.97 Å². The van der Waals surface area contributed by atoms with E-state index in [0.29, 0.717) is 0 Å². The average Bonchev–Trinajstić information content (AvgIpc) is 2.14. The first-order valence-corrected chi connectivity index (χ1v) is 4.38.